The van der Waals surface area contributed by atoms with Gasteiger partial charge < -0.3 is 15.4 Å². The average Bonchev–Trinajstić information content (AvgIpc) is 2.91. The first-order valence-electron chi connectivity index (χ1n) is 6.20. The topological polar surface area (TPSA) is 95.1 Å². The van der Waals surface area contributed by atoms with E-state index in [-0.39, 0.29) is 29.6 Å². The first-order valence-corrected chi connectivity index (χ1v) is 7.08. The largest absolute Gasteiger partial charge is 0.395 e. The molecular formula is C14H13N3O3S. The second-order valence-corrected chi connectivity index (χ2v) is 4.87. The van der Waals surface area contributed by atoms with Crippen molar-refractivity contribution in [3.05, 3.63) is 50.3 Å². The van der Waals surface area contributed by atoms with E-state index in [1.165, 1.54) is 6.20 Å². The zero-order valence-electron chi connectivity index (χ0n) is 11.0. The molecule has 0 spiro atoms. The van der Waals surface area contributed by atoms with Gasteiger partial charge in [-0.25, -0.2) is 4.98 Å². The number of pyridine rings is 1. The van der Waals surface area contributed by atoms with Crippen molar-refractivity contribution in [2.24, 2.45) is 0 Å². The summed E-state index contributed by atoms with van der Waals surface area (Å²) in [6.07, 6.45) is 1.85. The molecule has 0 saturated carbocycles. The quantitative estimate of drug-likeness (QED) is 0.717. The molecule has 2 rings (SSSR count). The Bertz CT molecular complexity index is 739. The smallest absolute Gasteiger partial charge is 0.304 e. The third kappa shape index (κ3) is 4.27. The maximum atomic E-state index is 12.1. The van der Waals surface area contributed by atoms with Crippen LogP contribution in [0.5, 0.6) is 0 Å². The number of hydrogen-bond acceptors (Lipinski definition) is 5. The fraction of sp³-hybridized carbons (Fsp3) is 0.214. The van der Waals surface area contributed by atoms with Crippen molar-refractivity contribution in [2.75, 3.05) is 6.61 Å². The predicted molar refractivity (Wildman–Crippen MR) is 78.9 cm³/mol. The minimum Gasteiger partial charge on any atom is -0.395 e. The van der Waals surface area contributed by atoms with Gasteiger partial charge in [-0.2, -0.15) is 0 Å². The molecule has 3 N–H and O–H groups in total. The van der Waals surface area contributed by atoms with Crippen molar-refractivity contribution in [3.63, 3.8) is 0 Å². The maximum Gasteiger partial charge on any atom is 0.304 e. The molecule has 0 radical (unpaired) electrons. The number of rotatable bonds is 4. The van der Waals surface area contributed by atoms with Crippen LogP contribution < -0.4 is 10.2 Å². The van der Waals surface area contributed by atoms with E-state index < -0.39 is 0 Å². The Kier molecular flexibility index (Phi) is 5.26. The Labute approximate surface area is 124 Å². The van der Waals surface area contributed by atoms with Crippen LogP contribution in [0.3, 0.4) is 0 Å². The first kappa shape index (κ1) is 15.0. The normalized spacial score (nSPS) is 9.76. The number of aromatic nitrogens is 2. The highest BCUT2D eigenvalue weighted by atomic mass is 32.1. The number of aliphatic hydroxyl groups is 1. The van der Waals surface area contributed by atoms with E-state index in [0.717, 1.165) is 11.3 Å². The first-order chi connectivity index (χ1) is 10.2. The summed E-state index contributed by atoms with van der Waals surface area (Å²) in [7, 11) is 0. The van der Waals surface area contributed by atoms with Crippen molar-refractivity contribution < 1.29 is 9.90 Å². The van der Waals surface area contributed by atoms with Gasteiger partial charge >= 0.3 is 4.87 Å². The molecule has 0 bridgehead atoms. The highest BCUT2D eigenvalue weighted by molar-refractivity contribution is 7.07. The van der Waals surface area contributed by atoms with E-state index in [1.54, 1.807) is 17.5 Å². The third-order valence-electron chi connectivity index (χ3n) is 2.49. The van der Waals surface area contributed by atoms with Crippen LogP contribution in [0.1, 0.15) is 28.2 Å². The van der Waals surface area contributed by atoms with Crippen molar-refractivity contribution in [1.82, 2.24) is 15.3 Å². The van der Waals surface area contributed by atoms with Gasteiger partial charge in [0.1, 0.15) is 5.69 Å². The Morgan fingerprint density at radius 1 is 1.52 bits per heavy atom. The molecule has 1 amide bonds. The van der Waals surface area contributed by atoms with E-state index in [2.05, 4.69) is 27.1 Å². The predicted octanol–water partition coefficient (Wildman–Crippen LogP) is 0.495. The van der Waals surface area contributed by atoms with E-state index in [4.69, 9.17) is 5.11 Å². The van der Waals surface area contributed by atoms with Gasteiger partial charge in [0.25, 0.3) is 5.91 Å². The van der Waals surface area contributed by atoms with Gasteiger partial charge in [0.2, 0.25) is 0 Å². The number of hydrogen-bond donors (Lipinski definition) is 3. The summed E-state index contributed by atoms with van der Waals surface area (Å²) >= 11 is 1.04. The van der Waals surface area contributed by atoms with E-state index in [0.29, 0.717) is 17.7 Å². The monoisotopic (exact) mass is 303 g/mol. The van der Waals surface area contributed by atoms with E-state index in [1.807, 2.05) is 0 Å². The highest BCUT2D eigenvalue weighted by Gasteiger charge is 2.11. The standard InChI is InChI=1S/C14H13N3O3S/c18-7-2-1-4-10-5-3-6-15-12(10)13(19)16-8-11-9-21-14(20)17-11/h3,5-6,9,18H,2,7-8H2,(H,16,19)(H,17,20). The summed E-state index contributed by atoms with van der Waals surface area (Å²) in [6.45, 7) is 0.192. The minimum absolute atomic E-state index is 0.0275. The molecule has 6 nitrogen and oxygen atoms in total. The summed E-state index contributed by atoms with van der Waals surface area (Å²) in [5, 5.41) is 13.0. The lowest BCUT2D eigenvalue weighted by atomic mass is 10.2. The van der Waals surface area contributed by atoms with Crippen LogP contribution in [0.2, 0.25) is 0 Å². The number of thiazole rings is 1. The second-order valence-electron chi connectivity index (χ2n) is 4.03. The Morgan fingerprint density at radius 3 is 3.10 bits per heavy atom. The molecule has 2 aromatic rings. The average molecular weight is 303 g/mol. The SMILES string of the molecule is O=C(NCc1csc(=O)[nH]1)c1ncccc1C#CCCO. The molecule has 0 saturated heterocycles. The van der Waals surface area contributed by atoms with Crippen molar-refractivity contribution in [3.8, 4) is 11.8 Å². The number of aliphatic hydroxyl groups excluding tert-OH is 1. The van der Waals surface area contributed by atoms with Crippen LogP contribution in [0.4, 0.5) is 0 Å². The van der Waals surface area contributed by atoms with Crippen molar-refractivity contribution in [2.45, 2.75) is 13.0 Å². The molecule has 2 aromatic heterocycles. The van der Waals surface area contributed by atoms with Crippen LogP contribution in [-0.2, 0) is 6.54 Å². The molecule has 21 heavy (non-hydrogen) atoms. The number of nitrogens with one attached hydrogen (secondary N) is 2. The summed E-state index contributed by atoms with van der Waals surface area (Å²) in [5.41, 5.74) is 1.37. The molecule has 0 unspecified atom stereocenters. The molecule has 0 aliphatic carbocycles. The van der Waals surface area contributed by atoms with Gasteiger partial charge in [0.15, 0.2) is 0 Å². The second kappa shape index (κ2) is 7.38. The molecule has 0 aliphatic heterocycles. The van der Waals surface area contributed by atoms with E-state index in [9.17, 15) is 9.59 Å². The summed E-state index contributed by atoms with van der Waals surface area (Å²) in [6, 6.07) is 3.38. The lowest BCUT2D eigenvalue weighted by Crippen LogP contribution is -2.25. The van der Waals surface area contributed by atoms with Crippen molar-refractivity contribution >= 4 is 17.2 Å². The number of H-pyrrole nitrogens is 1. The van der Waals surface area contributed by atoms with Crippen LogP contribution >= 0.6 is 11.3 Å². The van der Waals surface area contributed by atoms with Gasteiger partial charge in [-0.3, -0.25) is 9.59 Å². The molecular weight excluding hydrogens is 290 g/mol. The molecule has 108 valence electrons. The molecule has 7 heteroatoms. The Morgan fingerprint density at radius 2 is 2.38 bits per heavy atom. The van der Waals surface area contributed by atoms with Crippen molar-refractivity contribution in [1.29, 1.82) is 0 Å². The summed E-state index contributed by atoms with van der Waals surface area (Å²) in [4.78, 5) is 29.6. The third-order valence-corrected chi connectivity index (χ3v) is 3.21. The fourth-order valence-corrected chi connectivity index (χ4v) is 2.14. The van der Waals surface area contributed by atoms with Crippen LogP contribution in [0, 0.1) is 11.8 Å². The fourth-order valence-electron chi connectivity index (χ4n) is 1.56. The van der Waals surface area contributed by atoms with Crippen LogP contribution in [0.15, 0.2) is 28.5 Å². The zero-order valence-corrected chi connectivity index (χ0v) is 11.9. The maximum absolute atomic E-state index is 12.1. The molecule has 0 fully saturated rings. The highest BCUT2D eigenvalue weighted by Crippen LogP contribution is 2.04. The summed E-state index contributed by atoms with van der Waals surface area (Å²) in [5.74, 6) is 5.20. The van der Waals surface area contributed by atoms with E-state index >= 15 is 0 Å². The lowest BCUT2D eigenvalue weighted by molar-refractivity contribution is 0.0945. The number of nitrogens with zero attached hydrogens (tertiary/aromatic N) is 1. The molecule has 2 heterocycles. The number of aromatic amines is 1. The molecule has 0 aliphatic rings. The number of amides is 1. The number of carbonyl (C=O) groups excluding carboxylic acids is 1. The number of carbonyl (C=O) groups is 1. The van der Waals surface area contributed by atoms with Gasteiger partial charge in [0.05, 0.1) is 18.7 Å². The molecule has 0 atom stereocenters. The summed E-state index contributed by atoms with van der Waals surface area (Å²) < 4.78 is 0. The molecule has 0 aromatic carbocycles. The zero-order chi connectivity index (χ0) is 15.1. The lowest BCUT2D eigenvalue weighted by Gasteiger charge is -2.04. The van der Waals surface area contributed by atoms with Gasteiger partial charge in [-0.1, -0.05) is 23.2 Å². The van der Waals surface area contributed by atoms with Crippen LogP contribution in [0.25, 0.3) is 0 Å². The van der Waals surface area contributed by atoms with Gasteiger partial charge in [-0.05, 0) is 12.1 Å². The van der Waals surface area contributed by atoms with Crippen LogP contribution in [-0.4, -0.2) is 27.6 Å². The van der Waals surface area contributed by atoms with Gasteiger partial charge in [0, 0.05) is 23.7 Å². The van der Waals surface area contributed by atoms with Gasteiger partial charge in [-0.15, -0.1) is 0 Å². The minimum atomic E-state index is -0.365. The Balaban J connectivity index is 2.08. The Hall–Kier alpha value is -2.43.